The summed E-state index contributed by atoms with van der Waals surface area (Å²) in [6.45, 7) is 2.14. The Balaban J connectivity index is 1.68. The van der Waals surface area contributed by atoms with Crippen LogP contribution in [-0.2, 0) is 11.3 Å². The summed E-state index contributed by atoms with van der Waals surface area (Å²) in [4.78, 5) is 15.8. The topological polar surface area (TPSA) is 74.5 Å². The summed E-state index contributed by atoms with van der Waals surface area (Å²) in [6, 6.07) is 12.8. The minimum atomic E-state index is -0.410. The summed E-state index contributed by atoms with van der Waals surface area (Å²) in [5.41, 5.74) is 2.47. The monoisotopic (exact) mass is 402 g/mol. The zero-order valence-electron chi connectivity index (χ0n) is 13.7. The fourth-order valence-corrected chi connectivity index (χ4v) is 2.63. The van der Waals surface area contributed by atoms with Gasteiger partial charge in [0.05, 0.1) is 17.1 Å². The molecule has 1 heterocycles. The largest absolute Gasteiger partial charge is 0.483 e. The van der Waals surface area contributed by atoms with E-state index >= 15 is 0 Å². The predicted octanol–water partition coefficient (Wildman–Crippen LogP) is 4.17. The van der Waals surface area contributed by atoms with Gasteiger partial charge in [-0.05, 0) is 41.1 Å². The molecule has 7 heteroatoms. The standard InChI is InChI=1S/C18H15BrN2O4/c1-11-3-5-12(6-4-11)17-20-16(25-21-17)10-24-15-8-7-13(9-14(15)19)18(22)23-2/h3-9H,10H2,1-2H3. The third kappa shape index (κ3) is 4.06. The lowest BCUT2D eigenvalue weighted by molar-refractivity contribution is 0.0600. The van der Waals surface area contributed by atoms with Crippen molar-refractivity contribution in [2.75, 3.05) is 7.11 Å². The van der Waals surface area contributed by atoms with E-state index in [0.717, 1.165) is 11.1 Å². The summed E-state index contributed by atoms with van der Waals surface area (Å²) in [5, 5.41) is 3.96. The molecule has 0 amide bonds. The Bertz CT molecular complexity index is 890. The molecule has 0 spiro atoms. The molecule has 0 saturated heterocycles. The molecule has 3 aromatic rings. The number of methoxy groups -OCH3 is 1. The van der Waals surface area contributed by atoms with E-state index < -0.39 is 5.97 Å². The van der Waals surface area contributed by atoms with Crippen molar-refractivity contribution in [3.63, 3.8) is 0 Å². The second-order valence-corrected chi connectivity index (χ2v) is 6.16. The van der Waals surface area contributed by atoms with Gasteiger partial charge in [0.2, 0.25) is 5.82 Å². The number of esters is 1. The lowest BCUT2D eigenvalue weighted by Crippen LogP contribution is -2.02. The van der Waals surface area contributed by atoms with Gasteiger partial charge in [0, 0.05) is 5.56 Å². The van der Waals surface area contributed by atoms with Gasteiger partial charge >= 0.3 is 5.97 Å². The Morgan fingerprint density at radius 2 is 1.96 bits per heavy atom. The fourth-order valence-electron chi connectivity index (χ4n) is 2.14. The van der Waals surface area contributed by atoms with Gasteiger partial charge in [0.1, 0.15) is 5.75 Å². The molecule has 0 aliphatic rings. The maximum absolute atomic E-state index is 11.5. The van der Waals surface area contributed by atoms with E-state index in [0.29, 0.717) is 27.5 Å². The zero-order valence-corrected chi connectivity index (χ0v) is 15.2. The average Bonchev–Trinajstić information content (AvgIpc) is 3.09. The van der Waals surface area contributed by atoms with Crippen LogP contribution in [-0.4, -0.2) is 23.2 Å². The van der Waals surface area contributed by atoms with Crippen LogP contribution in [0.5, 0.6) is 5.75 Å². The Morgan fingerprint density at radius 3 is 2.64 bits per heavy atom. The third-order valence-corrected chi connectivity index (χ3v) is 4.10. The van der Waals surface area contributed by atoms with E-state index in [-0.39, 0.29) is 6.61 Å². The molecule has 0 unspecified atom stereocenters. The van der Waals surface area contributed by atoms with Crippen molar-refractivity contribution in [2.24, 2.45) is 0 Å². The summed E-state index contributed by atoms with van der Waals surface area (Å²) < 4.78 is 16.2. The van der Waals surface area contributed by atoms with Gasteiger partial charge < -0.3 is 14.0 Å². The number of halogens is 1. The van der Waals surface area contributed by atoms with Crippen molar-refractivity contribution in [1.29, 1.82) is 0 Å². The molecular weight excluding hydrogens is 388 g/mol. The maximum atomic E-state index is 11.5. The van der Waals surface area contributed by atoms with E-state index in [1.165, 1.54) is 7.11 Å². The zero-order chi connectivity index (χ0) is 17.8. The van der Waals surface area contributed by atoms with E-state index in [2.05, 4.69) is 30.8 Å². The van der Waals surface area contributed by atoms with E-state index in [1.807, 2.05) is 31.2 Å². The first kappa shape index (κ1) is 17.2. The summed E-state index contributed by atoms with van der Waals surface area (Å²) in [6.07, 6.45) is 0. The minimum Gasteiger partial charge on any atom is -0.483 e. The lowest BCUT2D eigenvalue weighted by atomic mass is 10.1. The number of hydrogen-bond donors (Lipinski definition) is 0. The number of nitrogens with zero attached hydrogens (tertiary/aromatic N) is 2. The summed E-state index contributed by atoms with van der Waals surface area (Å²) in [5.74, 6) is 1.02. The van der Waals surface area contributed by atoms with Crippen LogP contribution < -0.4 is 4.74 Å². The van der Waals surface area contributed by atoms with Crippen LogP contribution >= 0.6 is 15.9 Å². The molecule has 6 nitrogen and oxygen atoms in total. The third-order valence-electron chi connectivity index (χ3n) is 3.48. The average molecular weight is 403 g/mol. The van der Waals surface area contributed by atoms with Crippen molar-refractivity contribution in [3.8, 4) is 17.1 Å². The molecule has 0 atom stereocenters. The van der Waals surface area contributed by atoms with E-state index in [1.54, 1.807) is 18.2 Å². The number of ether oxygens (including phenoxy) is 2. The van der Waals surface area contributed by atoms with Crippen molar-refractivity contribution in [2.45, 2.75) is 13.5 Å². The first-order valence-corrected chi connectivity index (χ1v) is 8.26. The van der Waals surface area contributed by atoms with Gasteiger partial charge in [-0.25, -0.2) is 4.79 Å². The Kier molecular flexibility index (Phi) is 5.14. The second kappa shape index (κ2) is 7.48. The molecule has 0 fully saturated rings. The maximum Gasteiger partial charge on any atom is 0.337 e. The molecule has 2 aromatic carbocycles. The summed E-state index contributed by atoms with van der Waals surface area (Å²) in [7, 11) is 1.34. The molecule has 0 aliphatic heterocycles. The molecular formula is C18H15BrN2O4. The number of hydrogen-bond acceptors (Lipinski definition) is 6. The highest BCUT2D eigenvalue weighted by molar-refractivity contribution is 9.10. The van der Waals surface area contributed by atoms with Crippen molar-refractivity contribution in [3.05, 3.63) is 64.0 Å². The lowest BCUT2D eigenvalue weighted by Gasteiger charge is -2.07. The molecule has 25 heavy (non-hydrogen) atoms. The highest BCUT2D eigenvalue weighted by atomic mass is 79.9. The second-order valence-electron chi connectivity index (χ2n) is 5.30. The number of benzene rings is 2. The van der Waals surface area contributed by atoms with Crippen LogP contribution in [0.15, 0.2) is 51.5 Å². The quantitative estimate of drug-likeness (QED) is 0.596. The smallest absolute Gasteiger partial charge is 0.337 e. The van der Waals surface area contributed by atoms with Crippen molar-refractivity contribution in [1.82, 2.24) is 10.1 Å². The number of aromatic nitrogens is 2. The first-order valence-electron chi connectivity index (χ1n) is 7.47. The molecule has 0 saturated carbocycles. The van der Waals surface area contributed by atoms with Crippen molar-refractivity contribution >= 4 is 21.9 Å². The van der Waals surface area contributed by atoms with E-state index in [9.17, 15) is 4.79 Å². The van der Waals surface area contributed by atoms with Gasteiger partial charge in [-0.3, -0.25) is 0 Å². The highest BCUT2D eigenvalue weighted by Crippen LogP contribution is 2.27. The summed E-state index contributed by atoms with van der Waals surface area (Å²) >= 11 is 3.37. The van der Waals surface area contributed by atoms with Crippen LogP contribution in [0, 0.1) is 6.92 Å². The van der Waals surface area contributed by atoms with Crippen LogP contribution in [0.1, 0.15) is 21.8 Å². The number of rotatable bonds is 5. The van der Waals surface area contributed by atoms with Crippen LogP contribution in [0.3, 0.4) is 0 Å². The van der Waals surface area contributed by atoms with Crippen LogP contribution in [0.2, 0.25) is 0 Å². The Hall–Kier alpha value is -2.67. The van der Waals surface area contributed by atoms with Crippen molar-refractivity contribution < 1.29 is 18.8 Å². The SMILES string of the molecule is COC(=O)c1ccc(OCc2nc(-c3ccc(C)cc3)no2)c(Br)c1. The first-order chi connectivity index (χ1) is 12.1. The molecule has 0 N–H and O–H groups in total. The Morgan fingerprint density at radius 1 is 1.20 bits per heavy atom. The molecule has 0 radical (unpaired) electrons. The molecule has 0 bridgehead atoms. The predicted molar refractivity (Wildman–Crippen MR) is 94.3 cm³/mol. The van der Waals surface area contributed by atoms with Gasteiger partial charge in [-0.15, -0.1) is 0 Å². The Labute approximate surface area is 152 Å². The fraction of sp³-hybridized carbons (Fsp3) is 0.167. The van der Waals surface area contributed by atoms with Gasteiger partial charge in [-0.2, -0.15) is 4.98 Å². The van der Waals surface area contributed by atoms with E-state index in [4.69, 9.17) is 9.26 Å². The van der Waals surface area contributed by atoms with Crippen LogP contribution in [0.4, 0.5) is 0 Å². The number of aryl methyl sites for hydroxylation is 1. The molecule has 0 aliphatic carbocycles. The number of carbonyl (C=O) groups is 1. The molecule has 1 aromatic heterocycles. The van der Waals surface area contributed by atoms with Gasteiger partial charge in [0.25, 0.3) is 5.89 Å². The van der Waals surface area contributed by atoms with Gasteiger partial charge in [-0.1, -0.05) is 35.0 Å². The molecule has 3 rings (SSSR count). The van der Waals surface area contributed by atoms with Gasteiger partial charge in [0.15, 0.2) is 6.61 Å². The number of carbonyl (C=O) groups excluding carboxylic acids is 1. The van der Waals surface area contributed by atoms with Crippen LogP contribution in [0.25, 0.3) is 11.4 Å². The highest BCUT2D eigenvalue weighted by Gasteiger charge is 2.12. The normalized spacial score (nSPS) is 10.5. The molecule has 128 valence electrons. The minimum absolute atomic E-state index is 0.120.